The van der Waals surface area contributed by atoms with Crippen LogP contribution in [0.2, 0.25) is 0 Å². The molecule has 0 aliphatic carbocycles. The van der Waals surface area contributed by atoms with E-state index in [9.17, 15) is 9.18 Å². The molecular weight excluding hydrogens is 229 g/mol. The van der Waals surface area contributed by atoms with Crippen molar-refractivity contribution in [1.82, 2.24) is 0 Å². The third kappa shape index (κ3) is 4.22. The van der Waals surface area contributed by atoms with Crippen molar-refractivity contribution in [1.29, 1.82) is 0 Å². The second-order valence-electron chi connectivity index (χ2n) is 5.61. The molecule has 2 N–H and O–H groups in total. The van der Waals surface area contributed by atoms with Gasteiger partial charge in [-0.1, -0.05) is 25.5 Å². The van der Waals surface area contributed by atoms with Crippen LogP contribution in [0.4, 0.5) is 4.39 Å². The van der Waals surface area contributed by atoms with Crippen LogP contribution in [0.25, 0.3) is 0 Å². The Bertz CT molecular complexity index is 427. The third-order valence-corrected chi connectivity index (χ3v) is 3.27. The third-order valence-electron chi connectivity index (χ3n) is 3.27. The maximum absolute atomic E-state index is 13.5. The molecule has 2 nitrogen and oxygen atoms in total. The molecule has 0 unspecified atom stereocenters. The van der Waals surface area contributed by atoms with Crippen LogP contribution in [0, 0.1) is 18.2 Å². The van der Waals surface area contributed by atoms with Crippen molar-refractivity contribution in [2.75, 3.05) is 6.54 Å². The standard InChI is InChI=1S/C15H22FNO/c1-11-4-5-13(16)12(10-11)14(18)6-7-15(2,3)8-9-17/h4-5,10H,6-9,17H2,1-3H3. The van der Waals surface area contributed by atoms with Crippen molar-refractivity contribution in [2.24, 2.45) is 11.1 Å². The van der Waals surface area contributed by atoms with Gasteiger partial charge in [0.05, 0.1) is 5.56 Å². The number of ketones is 1. The Balaban J connectivity index is 2.69. The molecule has 3 heteroatoms. The van der Waals surface area contributed by atoms with Gasteiger partial charge < -0.3 is 5.73 Å². The molecule has 1 aromatic carbocycles. The fourth-order valence-corrected chi connectivity index (χ4v) is 1.96. The maximum Gasteiger partial charge on any atom is 0.165 e. The summed E-state index contributed by atoms with van der Waals surface area (Å²) in [7, 11) is 0. The van der Waals surface area contributed by atoms with E-state index in [0.717, 1.165) is 18.4 Å². The number of carbonyl (C=O) groups excluding carboxylic acids is 1. The zero-order chi connectivity index (χ0) is 13.8. The minimum atomic E-state index is -0.428. The Morgan fingerprint density at radius 1 is 1.33 bits per heavy atom. The SMILES string of the molecule is Cc1ccc(F)c(C(=O)CCC(C)(C)CCN)c1. The molecule has 1 rings (SSSR count). The quantitative estimate of drug-likeness (QED) is 0.787. The molecule has 100 valence electrons. The fourth-order valence-electron chi connectivity index (χ4n) is 1.96. The molecule has 18 heavy (non-hydrogen) atoms. The van der Waals surface area contributed by atoms with Crippen LogP contribution < -0.4 is 5.73 Å². The summed E-state index contributed by atoms with van der Waals surface area (Å²) in [4.78, 5) is 12.0. The highest BCUT2D eigenvalue weighted by atomic mass is 19.1. The summed E-state index contributed by atoms with van der Waals surface area (Å²) >= 11 is 0. The Hall–Kier alpha value is -1.22. The number of rotatable bonds is 6. The highest BCUT2D eigenvalue weighted by molar-refractivity contribution is 5.96. The van der Waals surface area contributed by atoms with E-state index in [4.69, 9.17) is 5.73 Å². The molecule has 0 aromatic heterocycles. The van der Waals surface area contributed by atoms with Gasteiger partial charge in [0.15, 0.2) is 5.78 Å². The van der Waals surface area contributed by atoms with Crippen LogP contribution >= 0.6 is 0 Å². The average Bonchev–Trinajstić information content (AvgIpc) is 2.29. The van der Waals surface area contributed by atoms with E-state index in [1.54, 1.807) is 12.1 Å². The van der Waals surface area contributed by atoms with Gasteiger partial charge in [0.25, 0.3) is 0 Å². The van der Waals surface area contributed by atoms with E-state index >= 15 is 0 Å². The Kier molecular flexibility index (Phi) is 5.03. The lowest BCUT2D eigenvalue weighted by Crippen LogP contribution is -2.18. The minimum absolute atomic E-state index is 0.0325. The highest BCUT2D eigenvalue weighted by Crippen LogP contribution is 2.27. The van der Waals surface area contributed by atoms with E-state index < -0.39 is 5.82 Å². The predicted octanol–water partition coefficient (Wildman–Crippen LogP) is 3.47. The molecule has 0 aliphatic rings. The Labute approximate surface area is 108 Å². The van der Waals surface area contributed by atoms with Crippen LogP contribution in [0.1, 0.15) is 49.0 Å². The summed E-state index contributed by atoms with van der Waals surface area (Å²) in [5, 5.41) is 0. The average molecular weight is 251 g/mol. The summed E-state index contributed by atoms with van der Waals surface area (Å²) in [5.41, 5.74) is 6.67. The number of Topliss-reactive ketones (excluding diaryl/α,β-unsaturated/α-hetero) is 1. The van der Waals surface area contributed by atoms with Gasteiger partial charge in [0.1, 0.15) is 5.82 Å². The monoisotopic (exact) mass is 251 g/mol. The van der Waals surface area contributed by atoms with Gasteiger partial charge in [-0.3, -0.25) is 4.79 Å². The van der Waals surface area contributed by atoms with E-state index in [1.807, 2.05) is 6.92 Å². The van der Waals surface area contributed by atoms with Crippen LogP contribution in [0.15, 0.2) is 18.2 Å². The summed E-state index contributed by atoms with van der Waals surface area (Å²) in [6, 6.07) is 4.64. The molecule has 0 bridgehead atoms. The fraction of sp³-hybridized carbons (Fsp3) is 0.533. The van der Waals surface area contributed by atoms with E-state index in [2.05, 4.69) is 13.8 Å². The first-order chi connectivity index (χ1) is 8.35. The number of hydrogen-bond acceptors (Lipinski definition) is 2. The van der Waals surface area contributed by atoms with Gasteiger partial charge in [-0.25, -0.2) is 4.39 Å². The molecule has 0 aliphatic heterocycles. The molecule has 0 atom stereocenters. The number of nitrogens with two attached hydrogens (primary N) is 1. The lowest BCUT2D eigenvalue weighted by atomic mass is 9.83. The second-order valence-corrected chi connectivity index (χ2v) is 5.61. The van der Waals surface area contributed by atoms with Gasteiger partial charge in [-0.15, -0.1) is 0 Å². The number of carbonyl (C=O) groups is 1. The summed E-state index contributed by atoms with van der Waals surface area (Å²) in [5.74, 6) is -0.552. The van der Waals surface area contributed by atoms with Gasteiger partial charge in [-0.05, 0) is 43.9 Å². The molecule has 0 fully saturated rings. The van der Waals surface area contributed by atoms with Crippen molar-refractivity contribution in [3.05, 3.63) is 35.1 Å². The van der Waals surface area contributed by atoms with Crippen molar-refractivity contribution in [3.63, 3.8) is 0 Å². The van der Waals surface area contributed by atoms with E-state index in [1.165, 1.54) is 6.07 Å². The molecule has 0 saturated heterocycles. The van der Waals surface area contributed by atoms with Gasteiger partial charge in [-0.2, -0.15) is 0 Å². The molecule has 1 aromatic rings. The first-order valence-corrected chi connectivity index (χ1v) is 6.35. The topological polar surface area (TPSA) is 43.1 Å². The number of hydrogen-bond donors (Lipinski definition) is 1. The maximum atomic E-state index is 13.5. The summed E-state index contributed by atoms with van der Waals surface area (Å²) in [6.07, 6.45) is 1.97. The number of benzene rings is 1. The van der Waals surface area contributed by atoms with Crippen molar-refractivity contribution in [2.45, 2.75) is 40.0 Å². The largest absolute Gasteiger partial charge is 0.330 e. The smallest absolute Gasteiger partial charge is 0.165 e. The van der Waals surface area contributed by atoms with E-state index in [-0.39, 0.29) is 16.8 Å². The zero-order valence-electron chi connectivity index (χ0n) is 11.4. The normalized spacial score (nSPS) is 11.6. The first-order valence-electron chi connectivity index (χ1n) is 6.35. The number of halogens is 1. The molecule has 0 saturated carbocycles. The predicted molar refractivity (Wildman–Crippen MR) is 72.2 cm³/mol. The molecule has 0 radical (unpaired) electrons. The molecule has 0 heterocycles. The lowest BCUT2D eigenvalue weighted by Gasteiger charge is -2.23. The van der Waals surface area contributed by atoms with Gasteiger partial charge in [0, 0.05) is 6.42 Å². The number of aryl methyl sites for hydroxylation is 1. The first kappa shape index (κ1) is 14.8. The van der Waals surface area contributed by atoms with Crippen LogP contribution in [-0.2, 0) is 0 Å². The van der Waals surface area contributed by atoms with Gasteiger partial charge in [0.2, 0.25) is 0 Å². The zero-order valence-corrected chi connectivity index (χ0v) is 11.4. The highest BCUT2D eigenvalue weighted by Gasteiger charge is 2.20. The van der Waals surface area contributed by atoms with Crippen molar-refractivity contribution >= 4 is 5.78 Å². The summed E-state index contributed by atoms with van der Waals surface area (Å²) in [6.45, 7) is 6.63. The van der Waals surface area contributed by atoms with Crippen LogP contribution in [0.5, 0.6) is 0 Å². The molecule has 0 amide bonds. The van der Waals surface area contributed by atoms with E-state index in [0.29, 0.717) is 13.0 Å². The van der Waals surface area contributed by atoms with Gasteiger partial charge >= 0.3 is 0 Å². The molecule has 0 spiro atoms. The van der Waals surface area contributed by atoms with Crippen molar-refractivity contribution < 1.29 is 9.18 Å². The lowest BCUT2D eigenvalue weighted by molar-refractivity contribution is 0.0957. The Morgan fingerprint density at radius 2 is 2.00 bits per heavy atom. The minimum Gasteiger partial charge on any atom is -0.330 e. The van der Waals surface area contributed by atoms with Crippen LogP contribution in [-0.4, -0.2) is 12.3 Å². The second kappa shape index (κ2) is 6.10. The van der Waals surface area contributed by atoms with Crippen molar-refractivity contribution in [3.8, 4) is 0 Å². The van der Waals surface area contributed by atoms with Crippen LogP contribution in [0.3, 0.4) is 0 Å². The Morgan fingerprint density at radius 3 is 2.61 bits per heavy atom. The summed E-state index contributed by atoms with van der Waals surface area (Å²) < 4.78 is 13.5. The molecular formula is C15H22FNO.